The maximum Gasteiger partial charge on any atom is 0.149 e. The van der Waals surface area contributed by atoms with Gasteiger partial charge in [0.25, 0.3) is 0 Å². The third-order valence-electron chi connectivity index (χ3n) is 2.23. The van der Waals surface area contributed by atoms with E-state index < -0.39 is 0 Å². The molecule has 5 heteroatoms. The highest BCUT2D eigenvalue weighted by molar-refractivity contribution is 7.09. The minimum atomic E-state index is 0.496. The van der Waals surface area contributed by atoms with Crippen LogP contribution in [0.1, 0.15) is 11.1 Å². The van der Waals surface area contributed by atoms with Crippen molar-refractivity contribution in [1.29, 1.82) is 0 Å². The number of nitrogens with two attached hydrogens (primary N) is 1. The minimum absolute atomic E-state index is 0.496. The topological polar surface area (TPSA) is 64.7 Å². The first-order valence-corrected chi connectivity index (χ1v) is 4.98. The van der Waals surface area contributed by atoms with Crippen LogP contribution in [0.2, 0.25) is 0 Å². The molecule has 0 unspecified atom stereocenters. The molecule has 4 nitrogen and oxygen atoms in total. The summed E-state index contributed by atoms with van der Waals surface area (Å²) >= 11 is 1.41. The summed E-state index contributed by atoms with van der Waals surface area (Å²) in [6.45, 7) is 3.94. The first-order chi connectivity index (χ1) is 6.70. The molecule has 0 saturated heterocycles. The molecular formula is C9H10N4S. The van der Waals surface area contributed by atoms with Gasteiger partial charge in [-0.15, -0.1) is 10.2 Å². The summed E-state index contributed by atoms with van der Waals surface area (Å²) in [4.78, 5) is 1.03. The van der Waals surface area contributed by atoms with Crippen LogP contribution in [0, 0.1) is 13.8 Å². The first kappa shape index (κ1) is 9.08. The van der Waals surface area contributed by atoms with Gasteiger partial charge >= 0.3 is 0 Å². The van der Waals surface area contributed by atoms with E-state index in [1.54, 1.807) is 6.20 Å². The van der Waals surface area contributed by atoms with Crippen molar-refractivity contribution in [1.82, 2.24) is 14.6 Å². The van der Waals surface area contributed by atoms with Gasteiger partial charge in [-0.2, -0.15) is 0 Å². The van der Waals surface area contributed by atoms with Crippen LogP contribution in [0.5, 0.6) is 0 Å². The normalized spacial score (nSPS) is 10.4. The molecule has 0 amide bonds. The Morgan fingerprint density at radius 3 is 2.64 bits per heavy atom. The van der Waals surface area contributed by atoms with Crippen molar-refractivity contribution in [3.63, 3.8) is 0 Å². The molecule has 2 aromatic rings. The molecule has 2 heterocycles. The predicted molar refractivity (Wildman–Crippen MR) is 57.0 cm³/mol. The van der Waals surface area contributed by atoms with Gasteiger partial charge in [-0.05, 0) is 42.6 Å². The van der Waals surface area contributed by atoms with Gasteiger partial charge in [0, 0.05) is 6.20 Å². The fourth-order valence-electron chi connectivity index (χ4n) is 1.20. The van der Waals surface area contributed by atoms with Crippen molar-refractivity contribution >= 4 is 17.4 Å². The molecule has 0 fully saturated rings. The lowest BCUT2D eigenvalue weighted by molar-refractivity contribution is 1.02. The Balaban J connectivity index is 2.61. The summed E-state index contributed by atoms with van der Waals surface area (Å²) in [5.41, 5.74) is 8.59. The second-order valence-corrected chi connectivity index (χ2v) is 3.89. The Hall–Kier alpha value is -1.49. The molecule has 0 spiro atoms. The number of hydrogen-bond acceptors (Lipinski definition) is 5. The standard InChI is InChI=1S/C9H10N4S/c1-5-6(2)9(10)13-12-8(5)7-3-4-11-14-7/h3-4H,1-2H3,(H2,10,13). The van der Waals surface area contributed by atoms with Crippen LogP contribution in [0.3, 0.4) is 0 Å². The molecule has 0 radical (unpaired) electrons. The zero-order valence-corrected chi connectivity index (χ0v) is 8.80. The lowest BCUT2D eigenvalue weighted by Gasteiger charge is -2.05. The van der Waals surface area contributed by atoms with Gasteiger partial charge < -0.3 is 5.73 Å². The zero-order valence-electron chi connectivity index (χ0n) is 7.98. The largest absolute Gasteiger partial charge is 0.382 e. The van der Waals surface area contributed by atoms with E-state index in [-0.39, 0.29) is 0 Å². The number of aromatic nitrogens is 3. The summed E-state index contributed by atoms with van der Waals surface area (Å²) in [5.74, 6) is 0.496. The second kappa shape index (κ2) is 3.34. The van der Waals surface area contributed by atoms with Crippen molar-refractivity contribution in [2.75, 3.05) is 5.73 Å². The highest BCUT2D eigenvalue weighted by Crippen LogP contribution is 2.26. The summed E-state index contributed by atoms with van der Waals surface area (Å²) < 4.78 is 4.03. The monoisotopic (exact) mass is 206 g/mol. The van der Waals surface area contributed by atoms with Crippen molar-refractivity contribution in [3.8, 4) is 10.6 Å². The fourth-order valence-corrected chi connectivity index (χ4v) is 1.83. The van der Waals surface area contributed by atoms with Gasteiger partial charge in [0.1, 0.15) is 11.5 Å². The van der Waals surface area contributed by atoms with E-state index >= 15 is 0 Å². The quantitative estimate of drug-likeness (QED) is 0.772. The number of rotatable bonds is 1. The maximum absolute atomic E-state index is 5.66. The molecule has 0 bridgehead atoms. The Morgan fingerprint density at radius 1 is 1.21 bits per heavy atom. The van der Waals surface area contributed by atoms with Crippen LogP contribution < -0.4 is 5.73 Å². The second-order valence-electron chi connectivity index (χ2n) is 3.06. The Bertz CT molecular complexity index is 450. The zero-order chi connectivity index (χ0) is 10.1. The van der Waals surface area contributed by atoms with Gasteiger partial charge in [-0.25, -0.2) is 4.37 Å². The summed E-state index contributed by atoms with van der Waals surface area (Å²) in [6.07, 6.45) is 1.76. The number of nitrogens with zero attached hydrogens (tertiary/aromatic N) is 3. The fraction of sp³-hybridized carbons (Fsp3) is 0.222. The van der Waals surface area contributed by atoms with Gasteiger partial charge in [0.2, 0.25) is 0 Å². The molecule has 0 atom stereocenters. The number of nitrogen functional groups attached to an aromatic ring is 1. The lowest BCUT2D eigenvalue weighted by atomic mass is 10.1. The summed E-state index contributed by atoms with van der Waals surface area (Å²) in [6, 6.07) is 1.93. The van der Waals surface area contributed by atoms with Crippen LogP contribution in [-0.4, -0.2) is 14.6 Å². The molecule has 0 saturated carbocycles. The Kier molecular flexibility index (Phi) is 2.17. The number of hydrogen-bond donors (Lipinski definition) is 1. The van der Waals surface area contributed by atoms with Crippen molar-refractivity contribution in [2.24, 2.45) is 0 Å². The third-order valence-corrected chi connectivity index (χ3v) is 2.98. The average molecular weight is 206 g/mol. The van der Waals surface area contributed by atoms with E-state index in [1.165, 1.54) is 11.5 Å². The van der Waals surface area contributed by atoms with Crippen molar-refractivity contribution in [2.45, 2.75) is 13.8 Å². The molecule has 2 N–H and O–H groups in total. The van der Waals surface area contributed by atoms with Crippen LogP contribution in [-0.2, 0) is 0 Å². The predicted octanol–water partition coefficient (Wildman–Crippen LogP) is 1.80. The van der Waals surface area contributed by atoms with Crippen LogP contribution in [0.15, 0.2) is 12.3 Å². The van der Waals surface area contributed by atoms with E-state index in [4.69, 9.17) is 5.73 Å². The molecule has 0 aliphatic rings. The summed E-state index contributed by atoms with van der Waals surface area (Å²) in [7, 11) is 0. The molecule has 72 valence electrons. The molecule has 0 aliphatic heterocycles. The first-order valence-electron chi connectivity index (χ1n) is 4.20. The maximum atomic E-state index is 5.66. The van der Waals surface area contributed by atoms with E-state index in [9.17, 15) is 0 Å². The third kappa shape index (κ3) is 1.35. The van der Waals surface area contributed by atoms with Gasteiger partial charge in [0.15, 0.2) is 0 Å². The minimum Gasteiger partial charge on any atom is -0.382 e. The molecule has 2 rings (SSSR count). The average Bonchev–Trinajstić information content (AvgIpc) is 2.67. The molecule has 14 heavy (non-hydrogen) atoms. The Morgan fingerprint density at radius 2 is 2.00 bits per heavy atom. The molecule has 0 aliphatic carbocycles. The van der Waals surface area contributed by atoms with E-state index in [2.05, 4.69) is 14.6 Å². The van der Waals surface area contributed by atoms with Crippen LogP contribution in [0.25, 0.3) is 10.6 Å². The lowest BCUT2D eigenvalue weighted by Crippen LogP contribution is -2.01. The number of anilines is 1. The Labute approximate surface area is 86.0 Å². The van der Waals surface area contributed by atoms with E-state index in [0.717, 1.165) is 21.7 Å². The van der Waals surface area contributed by atoms with Gasteiger partial charge in [-0.1, -0.05) is 0 Å². The van der Waals surface area contributed by atoms with Crippen LogP contribution >= 0.6 is 11.5 Å². The van der Waals surface area contributed by atoms with Crippen LogP contribution in [0.4, 0.5) is 5.82 Å². The summed E-state index contributed by atoms with van der Waals surface area (Å²) in [5, 5.41) is 7.98. The van der Waals surface area contributed by atoms with Crippen molar-refractivity contribution < 1.29 is 0 Å². The van der Waals surface area contributed by atoms with E-state index in [1.807, 2.05) is 19.9 Å². The highest BCUT2D eigenvalue weighted by atomic mass is 32.1. The molecule has 2 aromatic heterocycles. The smallest absolute Gasteiger partial charge is 0.149 e. The highest BCUT2D eigenvalue weighted by Gasteiger charge is 2.10. The van der Waals surface area contributed by atoms with E-state index in [0.29, 0.717) is 5.82 Å². The SMILES string of the molecule is Cc1c(N)nnc(-c2ccns2)c1C. The molecular weight excluding hydrogens is 196 g/mol. The van der Waals surface area contributed by atoms with Crippen molar-refractivity contribution in [3.05, 3.63) is 23.4 Å². The molecule has 0 aromatic carbocycles. The van der Waals surface area contributed by atoms with Gasteiger partial charge in [0.05, 0.1) is 4.88 Å². The van der Waals surface area contributed by atoms with Gasteiger partial charge in [-0.3, -0.25) is 0 Å².